The first-order valence-corrected chi connectivity index (χ1v) is 7.29. The number of aromatic nitrogens is 2. The first kappa shape index (κ1) is 15.5. The summed E-state index contributed by atoms with van der Waals surface area (Å²) in [5.74, 6) is -0.768. The van der Waals surface area contributed by atoms with E-state index in [0.717, 1.165) is 31.4 Å². The molecule has 2 N–H and O–H groups in total. The van der Waals surface area contributed by atoms with Gasteiger partial charge in [-0.25, -0.2) is 0 Å². The van der Waals surface area contributed by atoms with E-state index in [2.05, 4.69) is 15.3 Å². The first-order valence-electron chi connectivity index (χ1n) is 7.29. The van der Waals surface area contributed by atoms with Crippen LogP contribution in [0.3, 0.4) is 0 Å². The van der Waals surface area contributed by atoms with E-state index in [1.54, 1.807) is 17.9 Å². The second kappa shape index (κ2) is 7.21. The molecule has 2 rings (SSSR count). The molecule has 0 unspecified atom stereocenters. The minimum atomic E-state index is -0.831. The van der Waals surface area contributed by atoms with Gasteiger partial charge in [-0.05, 0) is 19.4 Å². The van der Waals surface area contributed by atoms with Gasteiger partial charge in [-0.1, -0.05) is 6.42 Å². The van der Waals surface area contributed by atoms with Crippen LogP contribution in [-0.2, 0) is 22.7 Å². The van der Waals surface area contributed by atoms with Gasteiger partial charge in [0.2, 0.25) is 5.91 Å². The molecule has 0 bridgehead atoms. The van der Waals surface area contributed by atoms with Crippen molar-refractivity contribution >= 4 is 11.9 Å². The fourth-order valence-electron chi connectivity index (χ4n) is 2.70. The molecule has 0 aliphatic carbocycles. The third kappa shape index (κ3) is 4.29. The summed E-state index contributed by atoms with van der Waals surface area (Å²) in [6.45, 7) is 1.94. The standard InChI is InChI=1S/C14H22N4O3/c1-15-14(21)12-4-2-3-6-17(12)9-11-8-16-18(10-11)7-5-13(19)20/h8,10,12H,2-7,9H2,1H3,(H,15,21)(H,19,20)/t12-/m1/s1. The lowest BCUT2D eigenvalue weighted by Crippen LogP contribution is -2.48. The van der Waals surface area contributed by atoms with E-state index in [1.165, 1.54) is 0 Å². The molecule has 0 spiro atoms. The van der Waals surface area contributed by atoms with Crippen LogP contribution in [-0.4, -0.2) is 51.3 Å². The summed E-state index contributed by atoms with van der Waals surface area (Å²) in [6, 6.07) is -0.0777. The number of likely N-dealkylation sites (tertiary alicyclic amines) is 1. The van der Waals surface area contributed by atoms with Gasteiger partial charge in [0.15, 0.2) is 0 Å². The maximum Gasteiger partial charge on any atom is 0.305 e. The van der Waals surface area contributed by atoms with Crippen molar-refractivity contribution in [2.24, 2.45) is 0 Å². The Hall–Kier alpha value is -1.89. The minimum absolute atomic E-state index is 0.0612. The second-order valence-electron chi connectivity index (χ2n) is 5.35. The molecule has 0 saturated carbocycles. The fourth-order valence-corrected chi connectivity index (χ4v) is 2.70. The molecule has 1 aliphatic rings. The average Bonchev–Trinajstić information content (AvgIpc) is 2.92. The van der Waals surface area contributed by atoms with Gasteiger partial charge in [-0.15, -0.1) is 0 Å². The van der Waals surface area contributed by atoms with E-state index in [-0.39, 0.29) is 18.4 Å². The SMILES string of the molecule is CNC(=O)[C@H]1CCCCN1Cc1cnn(CCC(=O)O)c1. The van der Waals surface area contributed by atoms with E-state index in [4.69, 9.17) is 5.11 Å². The van der Waals surface area contributed by atoms with Crippen molar-refractivity contribution in [3.05, 3.63) is 18.0 Å². The van der Waals surface area contributed by atoms with Gasteiger partial charge in [-0.2, -0.15) is 5.10 Å². The van der Waals surface area contributed by atoms with Gasteiger partial charge in [0.1, 0.15) is 0 Å². The van der Waals surface area contributed by atoms with Crippen molar-refractivity contribution in [3.8, 4) is 0 Å². The molecule has 1 aliphatic heterocycles. The van der Waals surface area contributed by atoms with Crippen molar-refractivity contribution in [1.82, 2.24) is 20.0 Å². The average molecular weight is 294 g/mol. The van der Waals surface area contributed by atoms with Crippen LogP contribution in [0.15, 0.2) is 12.4 Å². The number of piperidine rings is 1. The third-order valence-electron chi connectivity index (χ3n) is 3.79. The van der Waals surface area contributed by atoms with Crippen LogP contribution in [0.4, 0.5) is 0 Å². The molecule has 116 valence electrons. The van der Waals surface area contributed by atoms with E-state index >= 15 is 0 Å². The summed E-state index contributed by atoms with van der Waals surface area (Å²) < 4.78 is 1.64. The smallest absolute Gasteiger partial charge is 0.305 e. The molecule has 2 heterocycles. The summed E-state index contributed by atoms with van der Waals surface area (Å²) in [5.41, 5.74) is 1.01. The van der Waals surface area contributed by atoms with Crippen LogP contribution in [0.25, 0.3) is 0 Å². The zero-order valence-corrected chi connectivity index (χ0v) is 12.3. The van der Waals surface area contributed by atoms with Crippen molar-refractivity contribution in [2.75, 3.05) is 13.6 Å². The number of hydrogen-bond acceptors (Lipinski definition) is 4. The Kier molecular flexibility index (Phi) is 5.32. The molecule has 0 aromatic carbocycles. The van der Waals surface area contributed by atoms with E-state index in [0.29, 0.717) is 13.1 Å². The Morgan fingerprint density at radius 2 is 2.29 bits per heavy atom. The van der Waals surface area contributed by atoms with E-state index < -0.39 is 5.97 Å². The predicted octanol–water partition coefficient (Wildman–Crippen LogP) is 0.458. The largest absolute Gasteiger partial charge is 0.481 e. The number of likely N-dealkylation sites (N-methyl/N-ethyl adjacent to an activating group) is 1. The van der Waals surface area contributed by atoms with Gasteiger partial charge in [0.05, 0.1) is 25.2 Å². The Labute approximate surface area is 123 Å². The molecule has 1 aromatic rings. The molecular weight excluding hydrogens is 272 g/mol. The molecule has 1 saturated heterocycles. The first-order chi connectivity index (χ1) is 10.1. The molecule has 1 aromatic heterocycles. The Balaban J connectivity index is 1.95. The summed E-state index contributed by atoms with van der Waals surface area (Å²) in [7, 11) is 1.67. The second-order valence-corrected chi connectivity index (χ2v) is 5.35. The Bertz CT molecular complexity index is 500. The number of carbonyl (C=O) groups excluding carboxylic acids is 1. The van der Waals surface area contributed by atoms with Crippen LogP contribution >= 0.6 is 0 Å². The van der Waals surface area contributed by atoms with Crippen LogP contribution in [0.1, 0.15) is 31.2 Å². The van der Waals surface area contributed by atoms with Crippen molar-refractivity contribution < 1.29 is 14.7 Å². The number of nitrogens with one attached hydrogen (secondary N) is 1. The highest BCUT2D eigenvalue weighted by Gasteiger charge is 2.28. The topological polar surface area (TPSA) is 87.5 Å². The quantitative estimate of drug-likeness (QED) is 0.796. The van der Waals surface area contributed by atoms with Gasteiger partial charge in [0, 0.05) is 25.4 Å². The lowest BCUT2D eigenvalue weighted by molar-refractivity contribution is -0.137. The number of carbonyl (C=O) groups is 2. The molecule has 7 heteroatoms. The number of rotatable bonds is 6. The number of amides is 1. The fraction of sp³-hybridized carbons (Fsp3) is 0.643. The minimum Gasteiger partial charge on any atom is -0.481 e. The number of carboxylic acid groups (broad SMARTS) is 1. The normalized spacial score (nSPS) is 19.4. The molecular formula is C14H22N4O3. The molecule has 7 nitrogen and oxygen atoms in total. The summed E-state index contributed by atoms with van der Waals surface area (Å²) >= 11 is 0. The number of aryl methyl sites for hydroxylation is 1. The van der Waals surface area contributed by atoms with Gasteiger partial charge in [-0.3, -0.25) is 19.2 Å². The highest BCUT2D eigenvalue weighted by molar-refractivity contribution is 5.81. The van der Waals surface area contributed by atoms with Crippen LogP contribution in [0, 0.1) is 0 Å². The van der Waals surface area contributed by atoms with Gasteiger partial charge in [0.25, 0.3) is 0 Å². The van der Waals surface area contributed by atoms with E-state index in [9.17, 15) is 9.59 Å². The number of aliphatic carboxylic acids is 1. The maximum atomic E-state index is 11.9. The lowest BCUT2D eigenvalue weighted by Gasteiger charge is -2.33. The molecule has 21 heavy (non-hydrogen) atoms. The number of carboxylic acids is 1. The zero-order chi connectivity index (χ0) is 15.2. The summed E-state index contributed by atoms with van der Waals surface area (Å²) in [6.07, 6.45) is 6.72. The monoisotopic (exact) mass is 294 g/mol. The molecule has 1 fully saturated rings. The predicted molar refractivity (Wildman–Crippen MR) is 76.6 cm³/mol. The third-order valence-corrected chi connectivity index (χ3v) is 3.79. The molecule has 1 amide bonds. The van der Waals surface area contributed by atoms with Gasteiger partial charge < -0.3 is 10.4 Å². The number of hydrogen-bond donors (Lipinski definition) is 2. The maximum absolute atomic E-state index is 11.9. The van der Waals surface area contributed by atoms with Gasteiger partial charge >= 0.3 is 5.97 Å². The van der Waals surface area contributed by atoms with E-state index in [1.807, 2.05) is 6.20 Å². The van der Waals surface area contributed by atoms with Crippen LogP contribution in [0.2, 0.25) is 0 Å². The Morgan fingerprint density at radius 3 is 3.00 bits per heavy atom. The highest BCUT2D eigenvalue weighted by Crippen LogP contribution is 2.19. The Morgan fingerprint density at radius 1 is 1.48 bits per heavy atom. The van der Waals surface area contributed by atoms with Crippen LogP contribution < -0.4 is 5.32 Å². The lowest BCUT2D eigenvalue weighted by atomic mass is 10.0. The zero-order valence-electron chi connectivity index (χ0n) is 12.3. The summed E-state index contributed by atoms with van der Waals surface area (Å²) in [5, 5.41) is 15.6. The van der Waals surface area contributed by atoms with Crippen molar-refractivity contribution in [2.45, 2.75) is 44.8 Å². The molecule has 1 atom stereocenters. The summed E-state index contributed by atoms with van der Waals surface area (Å²) in [4.78, 5) is 24.6. The van der Waals surface area contributed by atoms with Crippen LogP contribution in [0.5, 0.6) is 0 Å². The molecule has 0 radical (unpaired) electrons. The highest BCUT2D eigenvalue weighted by atomic mass is 16.4. The van der Waals surface area contributed by atoms with Crippen molar-refractivity contribution in [1.29, 1.82) is 0 Å². The van der Waals surface area contributed by atoms with Crippen molar-refractivity contribution in [3.63, 3.8) is 0 Å². The number of nitrogens with zero attached hydrogens (tertiary/aromatic N) is 3.